The topological polar surface area (TPSA) is 102 Å². The molecule has 1 aliphatic carbocycles. The van der Waals surface area contributed by atoms with Gasteiger partial charge >= 0.3 is 7.12 Å². The van der Waals surface area contributed by atoms with Gasteiger partial charge in [0.1, 0.15) is 12.1 Å². The number of halogens is 1. The summed E-state index contributed by atoms with van der Waals surface area (Å²) < 4.78 is 0. The maximum Gasteiger partial charge on any atom is 0.475 e. The fourth-order valence-electron chi connectivity index (χ4n) is 3.83. The normalized spacial score (nSPS) is 20.3. The van der Waals surface area contributed by atoms with Crippen LogP contribution in [0, 0.1) is 11.8 Å². The Morgan fingerprint density at radius 1 is 1.17 bits per heavy atom. The molecule has 0 bridgehead atoms. The quantitative estimate of drug-likeness (QED) is 0.419. The van der Waals surface area contributed by atoms with E-state index >= 15 is 0 Å². The van der Waals surface area contributed by atoms with Gasteiger partial charge in [-0.3, -0.25) is 9.59 Å². The van der Waals surface area contributed by atoms with Crippen molar-refractivity contribution in [2.75, 3.05) is 11.4 Å². The maximum atomic E-state index is 12.9. The Balaban J connectivity index is 1.63. The molecule has 1 aromatic carbocycles. The number of nitrogens with one attached hydrogen (secondary N) is 2. The third-order valence-corrected chi connectivity index (χ3v) is 6.04. The molecule has 3 atom stereocenters. The number of rotatable bonds is 10. The molecule has 0 radical (unpaired) electrons. The van der Waals surface area contributed by atoms with Crippen molar-refractivity contribution in [2.24, 2.45) is 11.8 Å². The highest BCUT2D eigenvalue weighted by Crippen LogP contribution is 2.34. The smallest absolute Gasteiger partial charge is 0.426 e. The molecule has 2 fully saturated rings. The van der Waals surface area contributed by atoms with Gasteiger partial charge in [0.05, 0.1) is 5.94 Å². The third kappa shape index (κ3) is 6.12. The van der Waals surface area contributed by atoms with Gasteiger partial charge in [0.2, 0.25) is 11.8 Å². The average Bonchev–Trinajstić information content (AvgIpc) is 3.45. The zero-order chi connectivity index (χ0) is 21.8. The summed E-state index contributed by atoms with van der Waals surface area (Å²) in [5.74, 6) is -0.674. The molecule has 164 valence electrons. The molecule has 1 heterocycles. The molecular formula is C21H31BClN3O4. The number of anilines is 1. The van der Waals surface area contributed by atoms with E-state index in [1.807, 2.05) is 30.9 Å². The highest BCUT2D eigenvalue weighted by Gasteiger charge is 2.38. The Hall–Kier alpha value is -1.77. The van der Waals surface area contributed by atoms with E-state index in [0.717, 1.165) is 31.5 Å². The van der Waals surface area contributed by atoms with Crippen LogP contribution in [0.4, 0.5) is 5.69 Å². The van der Waals surface area contributed by atoms with Crippen molar-refractivity contribution >= 4 is 36.2 Å². The van der Waals surface area contributed by atoms with Gasteiger partial charge in [-0.25, -0.2) is 0 Å². The van der Waals surface area contributed by atoms with Crippen LogP contribution in [0.2, 0.25) is 5.02 Å². The summed E-state index contributed by atoms with van der Waals surface area (Å²) in [6.07, 6.45) is 3.84. The van der Waals surface area contributed by atoms with Crippen LogP contribution >= 0.6 is 11.6 Å². The average molecular weight is 436 g/mol. The van der Waals surface area contributed by atoms with Crippen LogP contribution in [0.5, 0.6) is 0 Å². The van der Waals surface area contributed by atoms with E-state index in [0.29, 0.717) is 23.8 Å². The van der Waals surface area contributed by atoms with E-state index in [-0.39, 0.29) is 23.8 Å². The van der Waals surface area contributed by atoms with Crippen LogP contribution in [-0.4, -0.2) is 53.6 Å². The first-order valence-corrected chi connectivity index (χ1v) is 11.1. The van der Waals surface area contributed by atoms with E-state index < -0.39 is 19.1 Å². The van der Waals surface area contributed by atoms with Crippen LogP contribution in [0.1, 0.15) is 46.0 Å². The summed E-state index contributed by atoms with van der Waals surface area (Å²) in [7, 11) is -1.64. The molecule has 3 rings (SSSR count). The molecule has 1 saturated heterocycles. The van der Waals surface area contributed by atoms with Gasteiger partial charge in [-0.2, -0.15) is 0 Å². The van der Waals surface area contributed by atoms with Crippen molar-refractivity contribution in [1.29, 1.82) is 0 Å². The SMILES string of the molecule is CC(C)C[C@@H](NC(=O)[C@H](CC1CC1)NC(=O)[C@@H]1CCN1c1ccc(Cl)cc1)B(O)O. The molecule has 1 aliphatic heterocycles. The van der Waals surface area contributed by atoms with Crippen molar-refractivity contribution in [3.05, 3.63) is 29.3 Å². The Labute approximate surface area is 183 Å². The predicted molar refractivity (Wildman–Crippen MR) is 118 cm³/mol. The van der Waals surface area contributed by atoms with Gasteiger partial charge in [0.15, 0.2) is 0 Å². The number of hydrogen-bond donors (Lipinski definition) is 4. The fraction of sp³-hybridized carbons (Fsp3) is 0.619. The van der Waals surface area contributed by atoms with E-state index in [1.54, 1.807) is 12.1 Å². The summed E-state index contributed by atoms with van der Waals surface area (Å²) in [5, 5.41) is 25.5. The van der Waals surface area contributed by atoms with Crippen molar-refractivity contribution < 1.29 is 19.6 Å². The Bertz CT molecular complexity index is 742. The van der Waals surface area contributed by atoms with Gasteiger partial charge in [0, 0.05) is 17.3 Å². The summed E-state index contributed by atoms with van der Waals surface area (Å²) in [6.45, 7) is 4.67. The largest absolute Gasteiger partial charge is 0.475 e. The highest BCUT2D eigenvalue weighted by molar-refractivity contribution is 6.43. The van der Waals surface area contributed by atoms with E-state index in [2.05, 4.69) is 10.6 Å². The van der Waals surface area contributed by atoms with E-state index in [1.165, 1.54) is 0 Å². The van der Waals surface area contributed by atoms with E-state index in [4.69, 9.17) is 11.6 Å². The zero-order valence-corrected chi connectivity index (χ0v) is 18.3. The molecule has 0 unspecified atom stereocenters. The minimum absolute atomic E-state index is 0.179. The number of hydrogen-bond acceptors (Lipinski definition) is 5. The lowest BCUT2D eigenvalue weighted by molar-refractivity contribution is -0.130. The summed E-state index contributed by atoms with van der Waals surface area (Å²) in [5.41, 5.74) is 0.925. The third-order valence-electron chi connectivity index (χ3n) is 5.79. The summed E-state index contributed by atoms with van der Waals surface area (Å²) >= 11 is 5.95. The van der Waals surface area contributed by atoms with Crippen molar-refractivity contribution in [1.82, 2.24) is 10.6 Å². The lowest BCUT2D eigenvalue weighted by atomic mass is 9.75. The molecule has 2 aliphatic rings. The van der Waals surface area contributed by atoms with Gasteiger partial charge in [-0.15, -0.1) is 0 Å². The second kappa shape index (κ2) is 10.0. The first kappa shape index (κ1) is 22.9. The first-order valence-electron chi connectivity index (χ1n) is 10.7. The van der Waals surface area contributed by atoms with Crippen molar-refractivity contribution in [3.63, 3.8) is 0 Å². The molecule has 1 aromatic rings. The van der Waals surface area contributed by atoms with Crippen LogP contribution in [0.25, 0.3) is 0 Å². The number of amides is 2. The molecule has 0 aromatic heterocycles. The lowest BCUT2D eigenvalue weighted by Crippen LogP contribution is -2.61. The Morgan fingerprint density at radius 2 is 1.83 bits per heavy atom. The molecule has 1 saturated carbocycles. The van der Waals surface area contributed by atoms with Crippen LogP contribution in [0.3, 0.4) is 0 Å². The van der Waals surface area contributed by atoms with Crippen LogP contribution in [-0.2, 0) is 9.59 Å². The fourth-order valence-corrected chi connectivity index (χ4v) is 3.96. The van der Waals surface area contributed by atoms with Crippen LogP contribution < -0.4 is 15.5 Å². The molecular weight excluding hydrogens is 405 g/mol. The Morgan fingerprint density at radius 3 is 2.33 bits per heavy atom. The second-order valence-corrected chi connectivity index (χ2v) is 9.31. The standard InChI is InChI=1S/C21H31BClN3O4/c1-13(2)11-19(22(29)30)25-20(27)17(12-14-3-4-14)24-21(28)18-9-10-26(18)16-7-5-15(23)6-8-16/h5-8,13-14,17-19,29-30H,3-4,9-12H2,1-2H3,(H,24,28)(H,25,27)/t17-,18-,19+/m0/s1. The van der Waals surface area contributed by atoms with Gasteiger partial charge in [-0.05, 0) is 55.4 Å². The van der Waals surface area contributed by atoms with E-state index in [9.17, 15) is 19.6 Å². The lowest BCUT2D eigenvalue weighted by Gasteiger charge is -2.42. The molecule has 4 N–H and O–H groups in total. The minimum Gasteiger partial charge on any atom is -0.426 e. The van der Waals surface area contributed by atoms with Gasteiger partial charge in [0.25, 0.3) is 0 Å². The molecule has 7 nitrogen and oxygen atoms in total. The van der Waals surface area contributed by atoms with Crippen molar-refractivity contribution in [2.45, 2.75) is 64.0 Å². The highest BCUT2D eigenvalue weighted by atomic mass is 35.5. The molecule has 30 heavy (non-hydrogen) atoms. The van der Waals surface area contributed by atoms with Crippen LogP contribution in [0.15, 0.2) is 24.3 Å². The van der Waals surface area contributed by atoms with Crippen molar-refractivity contribution in [3.8, 4) is 0 Å². The number of benzene rings is 1. The summed E-state index contributed by atoms with van der Waals surface area (Å²) in [6, 6.07) is 6.36. The van der Waals surface area contributed by atoms with Gasteiger partial charge in [-0.1, -0.05) is 38.3 Å². The molecule has 2 amide bonds. The second-order valence-electron chi connectivity index (χ2n) is 8.87. The first-order chi connectivity index (χ1) is 14.2. The number of carbonyl (C=O) groups is 2. The number of carbonyl (C=O) groups excluding carboxylic acids is 2. The predicted octanol–water partition coefficient (Wildman–Crippen LogP) is 1.75. The minimum atomic E-state index is -1.64. The molecule has 0 spiro atoms. The van der Waals surface area contributed by atoms with Gasteiger partial charge < -0.3 is 25.6 Å². The summed E-state index contributed by atoms with van der Waals surface area (Å²) in [4.78, 5) is 27.8. The maximum absolute atomic E-state index is 12.9. The number of nitrogens with zero attached hydrogens (tertiary/aromatic N) is 1. The monoisotopic (exact) mass is 435 g/mol. The zero-order valence-electron chi connectivity index (χ0n) is 17.6. The Kier molecular flexibility index (Phi) is 7.66. The molecule has 9 heteroatoms.